The molecule has 0 bridgehead atoms. The number of aliphatic hydroxyl groups excluding tert-OH is 1. The van der Waals surface area contributed by atoms with Crippen LogP contribution in [0.25, 0.3) is 0 Å². The topological polar surface area (TPSA) is 78.4 Å². The second kappa shape index (κ2) is 7.70. The molecule has 126 valence electrons. The van der Waals surface area contributed by atoms with Crippen molar-refractivity contribution in [2.45, 2.75) is 19.1 Å². The number of aromatic nitrogens is 2. The second-order valence-corrected chi connectivity index (χ2v) is 6.24. The zero-order chi connectivity index (χ0) is 16.9. The molecular formula is C17H19ClN4O2. The molecule has 6 nitrogen and oxygen atoms in total. The number of benzene rings is 1. The fourth-order valence-electron chi connectivity index (χ4n) is 2.85. The van der Waals surface area contributed by atoms with Gasteiger partial charge in [-0.05, 0) is 17.5 Å². The third kappa shape index (κ3) is 4.08. The highest BCUT2D eigenvalue weighted by atomic mass is 35.5. The Balaban J connectivity index is 1.49. The molecule has 2 aromatic rings. The molecule has 1 aromatic heterocycles. The summed E-state index contributed by atoms with van der Waals surface area (Å²) in [6, 6.07) is 8.35. The van der Waals surface area contributed by atoms with E-state index >= 15 is 0 Å². The fourth-order valence-corrected chi connectivity index (χ4v) is 3.04. The normalized spacial score (nSPS) is 15.6. The quantitative estimate of drug-likeness (QED) is 0.852. The minimum atomic E-state index is -0.653. The minimum absolute atomic E-state index is 0.116. The summed E-state index contributed by atoms with van der Waals surface area (Å²) in [4.78, 5) is 21.8. The molecule has 1 unspecified atom stereocenters. The molecule has 0 spiro atoms. The van der Waals surface area contributed by atoms with Gasteiger partial charge in [0, 0.05) is 32.4 Å². The molecule has 0 fully saturated rings. The first-order valence-corrected chi connectivity index (χ1v) is 8.22. The zero-order valence-corrected chi connectivity index (χ0v) is 13.9. The van der Waals surface area contributed by atoms with Gasteiger partial charge in [0.1, 0.15) is 12.0 Å². The highest BCUT2D eigenvalue weighted by Crippen LogP contribution is 2.18. The molecular weight excluding hydrogens is 328 g/mol. The van der Waals surface area contributed by atoms with Crippen molar-refractivity contribution in [1.82, 2.24) is 20.2 Å². The Morgan fingerprint density at radius 2 is 2.17 bits per heavy atom. The highest BCUT2D eigenvalue weighted by Gasteiger charge is 2.19. The number of hydrogen-bond donors (Lipinski definition) is 2. The van der Waals surface area contributed by atoms with Crippen LogP contribution in [-0.2, 0) is 13.0 Å². The Labute approximate surface area is 145 Å². The number of β-amino-alcohol motifs (C(OH)–C–C–N with tert-alkyl or cyclic N) is 1. The van der Waals surface area contributed by atoms with Crippen molar-refractivity contribution in [2.24, 2.45) is 0 Å². The maximum Gasteiger partial charge on any atom is 0.271 e. The Kier molecular flexibility index (Phi) is 5.40. The third-order valence-electron chi connectivity index (χ3n) is 4.06. The molecule has 1 amide bonds. The summed E-state index contributed by atoms with van der Waals surface area (Å²) in [6.45, 7) is 2.38. The van der Waals surface area contributed by atoms with Crippen LogP contribution in [0.15, 0.2) is 36.8 Å². The van der Waals surface area contributed by atoms with E-state index in [0.29, 0.717) is 6.54 Å². The molecule has 7 heteroatoms. The van der Waals surface area contributed by atoms with Crippen molar-refractivity contribution in [2.75, 3.05) is 19.6 Å². The van der Waals surface area contributed by atoms with Gasteiger partial charge < -0.3 is 10.4 Å². The standard InChI is InChI=1S/C17H19ClN4O2/c18-15-8-19-11-21-16(15)17(24)20-7-14(23)10-22-6-5-12-3-1-2-4-13(12)9-22/h1-4,8,11,14,23H,5-7,9-10H2,(H,20,24). The van der Waals surface area contributed by atoms with Crippen LogP contribution in [0.5, 0.6) is 0 Å². The zero-order valence-electron chi connectivity index (χ0n) is 13.2. The maximum absolute atomic E-state index is 12.0. The summed E-state index contributed by atoms with van der Waals surface area (Å²) in [5.41, 5.74) is 2.79. The van der Waals surface area contributed by atoms with Gasteiger partial charge in [-0.1, -0.05) is 35.9 Å². The van der Waals surface area contributed by atoms with E-state index in [9.17, 15) is 9.90 Å². The average Bonchev–Trinajstić information content (AvgIpc) is 2.60. The van der Waals surface area contributed by atoms with Crippen LogP contribution in [0.4, 0.5) is 0 Å². The predicted molar refractivity (Wildman–Crippen MR) is 90.8 cm³/mol. The lowest BCUT2D eigenvalue weighted by Crippen LogP contribution is -2.42. The number of hydrogen-bond acceptors (Lipinski definition) is 5. The van der Waals surface area contributed by atoms with Crippen molar-refractivity contribution in [3.63, 3.8) is 0 Å². The Hall–Kier alpha value is -2.02. The van der Waals surface area contributed by atoms with E-state index in [4.69, 9.17) is 11.6 Å². The summed E-state index contributed by atoms with van der Waals surface area (Å²) in [6.07, 6.45) is 2.96. The van der Waals surface area contributed by atoms with E-state index in [2.05, 4.69) is 38.4 Å². The van der Waals surface area contributed by atoms with E-state index in [1.165, 1.54) is 23.7 Å². The summed E-state index contributed by atoms with van der Waals surface area (Å²) >= 11 is 5.88. The van der Waals surface area contributed by atoms with Crippen LogP contribution in [0.2, 0.25) is 5.02 Å². The van der Waals surface area contributed by atoms with Gasteiger partial charge in [-0.15, -0.1) is 0 Å². The molecule has 3 rings (SSSR count). The van der Waals surface area contributed by atoms with Gasteiger partial charge in [0.2, 0.25) is 0 Å². The molecule has 1 aromatic carbocycles. The lowest BCUT2D eigenvalue weighted by Gasteiger charge is -2.30. The number of amides is 1. The molecule has 1 atom stereocenters. The average molecular weight is 347 g/mol. The Morgan fingerprint density at radius 1 is 1.38 bits per heavy atom. The largest absolute Gasteiger partial charge is 0.390 e. The first-order valence-electron chi connectivity index (χ1n) is 7.84. The first-order chi connectivity index (χ1) is 11.6. The molecule has 0 saturated carbocycles. The van der Waals surface area contributed by atoms with Gasteiger partial charge in [-0.2, -0.15) is 0 Å². The van der Waals surface area contributed by atoms with E-state index in [-0.39, 0.29) is 17.3 Å². The van der Waals surface area contributed by atoms with Crippen molar-refractivity contribution in [1.29, 1.82) is 0 Å². The second-order valence-electron chi connectivity index (χ2n) is 5.84. The van der Waals surface area contributed by atoms with Gasteiger partial charge in [-0.25, -0.2) is 9.97 Å². The lowest BCUT2D eigenvalue weighted by molar-refractivity contribution is 0.0838. The summed E-state index contributed by atoms with van der Waals surface area (Å²) < 4.78 is 0. The van der Waals surface area contributed by atoms with Gasteiger partial charge >= 0.3 is 0 Å². The van der Waals surface area contributed by atoms with E-state index < -0.39 is 12.0 Å². The lowest BCUT2D eigenvalue weighted by atomic mass is 10.00. The monoisotopic (exact) mass is 346 g/mol. The van der Waals surface area contributed by atoms with E-state index in [1.807, 2.05) is 6.07 Å². The minimum Gasteiger partial charge on any atom is -0.390 e. The number of nitrogens with one attached hydrogen (secondary N) is 1. The van der Waals surface area contributed by atoms with Crippen molar-refractivity contribution >= 4 is 17.5 Å². The van der Waals surface area contributed by atoms with E-state index in [0.717, 1.165) is 19.5 Å². The van der Waals surface area contributed by atoms with Crippen LogP contribution in [-0.4, -0.2) is 51.6 Å². The van der Waals surface area contributed by atoms with Crippen molar-refractivity contribution in [3.05, 3.63) is 58.6 Å². The third-order valence-corrected chi connectivity index (χ3v) is 4.34. The molecule has 0 radical (unpaired) electrons. The summed E-state index contributed by atoms with van der Waals surface area (Å²) in [5.74, 6) is -0.412. The van der Waals surface area contributed by atoms with Crippen LogP contribution in [0.1, 0.15) is 21.6 Å². The molecule has 24 heavy (non-hydrogen) atoms. The highest BCUT2D eigenvalue weighted by molar-refractivity contribution is 6.33. The van der Waals surface area contributed by atoms with Gasteiger partial charge in [0.25, 0.3) is 5.91 Å². The van der Waals surface area contributed by atoms with Crippen LogP contribution >= 0.6 is 11.6 Å². The smallest absolute Gasteiger partial charge is 0.271 e. The summed E-state index contributed by atoms with van der Waals surface area (Å²) in [5, 5.41) is 13.0. The van der Waals surface area contributed by atoms with Gasteiger partial charge in [0.05, 0.1) is 11.1 Å². The van der Waals surface area contributed by atoms with Gasteiger partial charge in [-0.3, -0.25) is 9.69 Å². The number of carbonyl (C=O) groups is 1. The first kappa shape index (κ1) is 16.8. The van der Waals surface area contributed by atoms with Crippen molar-refractivity contribution < 1.29 is 9.90 Å². The molecule has 0 aliphatic carbocycles. The molecule has 2 heterocycles. The predicted octanol–water partition coefficient (Wildman–Crippen LogP) is 1.28. The van der Waals surface area contributed by atoms with Crippen molar-refractivity contribution in [3.8, 4) is 0 Å². The Morgan fingerprint density at radius 3 is 2.96 bits per heavy atom. The van der Waals surface area contributed by atoms with E-state index in [1.54, 1.807) is 0 Å². The molecule has 1 aliphatic heterocycles. The number of nitrogens with zero attached hydrogens (tertiary/aromatic N) is 3. The number of aliphatic hydroxyl groups is 1. The van der Waals surface area contributed by atoms with Gasteiger partial charge in [0.15, 0.2) is 0 Å². The Bertz CT molecular complexity index is 725. The number of halogens is 1. The number of rotatable bonds is 5. The SMILES string of the molecule is O=C(NCC(O)CN1CCc2ccccc2C1)c1ncncc1Cl. The summed E-state index contributed by atoms with van der Waals surface area (Å²) in [7, 11) is 0. The molecule has 1 aliphatic rings. The molecule has 2 N–H and O–H groups in total. The fraction of sp³-hybridized carbons (Fsp3) is 0.353. The van der Waals surface area contributed by atoms with Crippen LogP contribution in [0.3, 0.4) is 0 Å². The number of carbonyl (C=O) groups excluding carboxylic acids is 1. The van der Waals surface area contributed by atoms with Crippen LogP contribution in [0, 0.1) is 0 Å². The van der Waals surface area contributed by atoms with Crippen LogP contribution < -0.4 is 5.32 Å². The molecule has 0 saturated heterocycles. The number of fused-ring (bicyclic) bond motifs is 1. The maximum atomic E-state index is 12.0.